The van der Waals surface area contributed by atoms with Crippen LogP contribution in [0, 0.1) is 6.92 Å². The van der Waals surface area contributed by atoms with Crippen LogP contribution >= 0.6 is 15.9 Å². The number of carbonyl (C=O) groups is 1. The van der Waals surface area contributed by atoms with Crippen molar-refractivity contribution in [2.75, 3.05) is 0 Å². The molecule has 0 spiro atoms. The average Bonchev–Trinajstić information content (AvgIpc) is 2.77. The van der Waals surface area contributed by atoms with Crippen molar-refractivity contribution in [1.29, 1.82) is 0 Å². The summed E-state index contributed by atoms with van der Waals surface area (Å²) in [4.78, 5) is 11.6. The summed E-state index contributed by atoms with van der Waals surface area (Å²) in [5, 5.41) is 4.38. The van der Waals surface area contributed by atoms with Crippen molar-refractivity contribution in [3.8, 4) is 5.75 Å². The van der Waals surface area contributed by atoms with E-state index in [1.54, 1.807) is 12.1 Å². The maximum Gasteiger partial charge on any atom is 0.163 e. The van der Waals surface area contributed by atoms with Gasteiger partial charge in [-0.2, -0.15) is 5.10 Å². The Labute approximate surface area is 126 Å². The SMILES string of the molecule is CCn1nc(C)cc1COc1ccc(Br)cc1C(C)=O. The molecule has 1 heterocycles. The average molecular weight is 337 g/mol. The topological polar surface area (TPSA) is 44.1 Å². The van der Waals surface area contributed by atoms with Crippen LogP contribution in [0.4, 0.5) is 0 Å². The van der Waals surface area contributed by atoms with Gasteiger partial charge in [0.05, 0.1) is 17.0 Å². The zero-order chi connectivity index (χ0) is 14.7. The largest absolute Gasteiger partial charge is 0.487 e. The number of rotatable bonds is 5. The third-order valence-electron chi connectivity index (χ3n) is 2.98. The molecule has 0 saturated carbocycles. The number of ether oxygens (including phenoxy) is 1. The molecule has 0 saturated heterocycles. The first-order chi connectivity index (χ1) is 9.51. The minimum atomic E-state index is -0.0125. The first-order valence-corrected chi connectivity index (χ1v) is 7.27. The smallest absolute Gasteiger partial charge is 0.163 e. The number of aromatic nitrogens is 2. The van der Waals surface area contributed by atoms with Crippen molar-refractivity contribution in [3.05, 3.63) is 45.7 Å². The normalized spacial score (nSPS) is 10.6. The lowest BCUT2D eigenvalue weighted by molar-refractivity contribution is 0.101. The number of halogens is 1. The van der Waals surface area contributed by atoms with E-state index >= 15 is 0 Å². The van der Waals surface area contributed by atoms with Crippen molar-refractivity contribution >= 4 is 21.7 Å². The van der Waals surface area contributed by atoms with Gasteiger partial charge in [0.2, 0.25) is 0 Å². The third-order valence-corrected chi connectivity index (χ3v) is 3.47. The molecule has 0 bridgehead atoms. The number of carbonyl (C=O) groups excluding carboxylic acids is 1. The van der Waals surface area contributed by atoms with Crippen LogP contribution in [0.25, 0.3) is 0 Å². The van der Waals surface area contributed by atoms with Gasteiger partial charge < -0.3 is 4.74 Å². The van der Waals surface area contributed by atoms with Crippen molar-refractivity contribution in [2.45, 2.75) is 33.9 Å². The van der Waals surface area contributed by atoms with Gasteiger partial charge in [-0.25, -0.2) is 0 Å². The molecule has 0 radical (unpaired) electrons. The summed E-state index contributed by atoms with van der Waals surface area (Å²) in [6.07, 6.45) is 0. The van der Waals surface area contributed by atoms with Gasteiger partial charge in [0.25, 0.3) is 0 Å². The molecule has 20 heavy (non-hydrogen) atoms. The fraction of sp³-hybridized carbons (Fsp3) is 0.333. The Hall–Kier alpha value is -1.62. The number of nitrogens with zero attached hydrogens (tertiary/aromatic N) is 2. The molecule has 0 aliphatic carbocycles. The summed E-state index contributed by atoms with van der Waals surface area (Å²) in [5.74, 6) is 0.587. The molecule has 0 atom stereocenters. The Morgan fingerprint density at radius 1 is 1.40 bits per heavy atom. The van der Waals surface area contributed by atoms with Gasteiger partial charge >= 0.3 is 0 Å². The fourth-order valence-corrected chi connectivity index (χ4v) is 2.41. The zero-order valence-corrected chi connectivity index (χ0v) is 13.4. The van der Waals surface area contributed by atoms with Crippen LogP contribution in [0.2, 0.25) is 0 Å². The standard InChI is InChI=1S/C15H17BrN2O2/c1-4-18-13(7-10(2)17-18)9-20-15-6-5-12(16)8-14(15)11(3)19/h5-8H,4,9H2,1-3H3. The second kappa shape index (κ2) is 6.22. The highest BCUT2D eigenvalue weighted by Crippen LogP contribution is 2.24. The van der Waals surface area contributed by atoms with E-state index in [0.29, 0.717) is 17.9 Å². The maximum absolute atomic E-state index is 11.6. The summed E-state index contributed by atoms with van der Waals surface area (Å²) in [6, 6.07) is 7.44. The Morgan fingerprint density at radius 2 is 2.15 bits per heavy atom. The summed E-state index contributed by atoms with van der Waals surface area (Å²) in [7, 11) is 0. The van der Waals surface area contributed by atoms with Gasteiger partial charge in [0.1, 0.15) is 12.4 Å². The van der Waals surface area contributed by atoms with Gasteiger partial charge in [-0.05, 0) is 45.0 Å². The quantitative estimate of drug-likeness (QED) is 0.781. The minimum absolute atomic E-state index is 0.0125. The summed E-state index contributed by atoms with van der Waals surface area (Å²) < 4.78 is 8.56. The van der Waals surface area contributed by atoms with Gasteiger partial charge in [-0.3, -0.25) is 9.48 Å². The molecular weight excluding hydrogens is 320 g/mol. The zero-order valence-electron chi connectivity index (χ0n) is 11.8. The Balaban J connectivity index is 2.20. The molecule has 0 N–H and O–H groups in total. The summed E-state index contributed by atoms with van der Waals surface area (Å²) in [6.45, 7) is 6.73. The molecule has 5 heteroatoms. The highest BCUT2D eigenvalue weighted by molar-refractivity contribution is 9.10. The van der Waals surface area contributed by atoms with Crippen molar-refractivity contribution in [3.63, 3.8) is 0 Å². The van der Waals surface area contributed by atoms with E-state index < -0.39 is 0 Å². The number of hydrogen-bond donors (Lipinski definition) is 0. The lowest BCUT2D eigenvalue weighted by Crippen LogP contribution is -2.07. The van der Waals surface area contributed by atoms with E-state index in [1.807, 2.05) is 30.7 Å². The molecule has 2 rings (SSSR count). The van der Waals surface area contributed by atoms with E-state index in [0.717, 1.165) is 22.4 Å². The Morgan fingerprint density at radius 3 is 2.80 bits per heavy atom. The highest BCUT2D eigenvalue weighted by Gasteiger charge is 2.11. The van der Waals surface area contributed by atoms with Crippen molar-refractivity contribution in [1.82, 2.24) is 9.78 Å². The molecule has 0 fully saturated rings. The molecule has 0 aliphatic rings. The van der Waals surface area contributed by atoms with E-state index in [9.17, 15) is 4.79 Å². The molecule has 0 amide bonds. The summed E-state index contributed by atoms with van der Waals surface area (Å²) >= 11 is 3.36. The maximum atomic E-state index is 11.6. The lowest BCUT2D eigenvalue weighted by atomic mass is 10.1. The monoisotopic (exact) mass is 336 g/mol. The third kappa shape index (κ3) is 3.28. The van der Waals surface area contributed by atoms with Crippen LogP contribution in [0.15, 0.2) is 28.7 Å². The second-order valence-electron chi connectivity index (χ2n) is 4.58. The predicted molar refractivity (Wildman–Crippen MR) is 81.1 cm³/mol. The van der Waals surface area contributed by atoms with E-state index in [4.69, 9.17) is 4.74 Å². The minimum Gasteiger partial charge on any atom is -0.487 e. The molecule has 2 aromatic rings. The van der Waals surface area contributed by atoms with Crippen LogP contribution in [0.5, 0.6) is 5.75 Å². The van der Waals surface area contributed by atoms with Crippen LogP contribution in [-0.4, -0.2) is 15.6 Å². The van der Waals surface area contributed by atoms with Crippen LogP contribution < -0.4 is 4.74 Å². The van der Waals surface area contributed by atoms with Crippen molar-refractivity contribution < 1.29 is 9.53 Å². The molecule has 106 valence electrons. The van der Waals surface area contributed by atoms with Crippen LogP contribution in [0.3, 0.4) is 0 Å². The molecule has 1 aromatic heterocycles. The van der Waals surface area contributed by atoms with Gasteiger partial charge in [-0.15, -0.1) is 0 Å². The number of hydrogen-bond acceptors (Lipinski definition) is 3. The molecule has 1 aromatic carbocycles. The van der Waals surface area contributed by atoms with Gasteiger partial charge in [0, 0.05) is 11.0 Å². The number of benzene rings is 1. The van der Waals surface area contributed by atoms with Gasteiger partial charge in [0.15, 0.2) is 5.78 Å². The van der Waals surface area contributed by atoms with E-state index in [2.05, 4.69) is 21.0 Å². The molecule has 0 aliphatic heterocycles. The first-order valence-electron chi connectivity index (χ1n) is 6.48. The summed E-state index contributed by atoms with van der Waals surface area (Å²) in [5.41, 5.74) is 2.55. The number of aryl methyl sites for hydroxylation is 2. The molecule has 0 unspecified atom stereocenters. The van der Waals surface area contributed by atoms with Crippen LogP contribution in [-0.2, 0) is 13.2 Å². The lowest BCUT2D eigenvalue weighted by Gasteiger charge is -2.11. The van der Waals surface area contributed by atoms with E-state index in [1.165, 1.54) is 6.92 Å². The molecular formula is C15H17BrN2O2. The Kier molecular flexibility index (Phi) is 4.60. The number of Topliss-reactive ketones (excluding diaryl/α,β-unsaturated/α-hetero) is 1. The predicted octanol–water partition coefficient (Wildman–Crippen LogP) is 3.76. The Bertz CT molecular complexity index is 635. The fourth-order valence-electron chi connectivity index (χ4n) is 2.04. The van der Waals surface area contributed by atoms with Crippen molar-refractivity contribution in [2.24, 2.45) is 0 Å². The van der Waals surface area contributed by atoms with E-state index in [-0.39, 0.29) is 5.78 Å². The number of ketones is 1. The highest BCUT2D eigenvalue weighted by atomic mass is 79.9. The second-order valence-corrected chi connectivity index (χ2v) is 5.49. The molecule has 4 nitrogen and oxygen atoms in total. The van der Waals surface area contributed by atoms with Crippen LogP contribution in [0.1, 0.15) is 35.6 Å². The first kappa shape index (κ1) is 14.8. The van der Waals surface area contributed by atoms with Gasteiger partial charge in [-0.1, -0.05) is 15.9 Å².